The van der Waals surface area contributed by atoms with E-state index in [0.717, 1.165) is 16.8 Å². The maximum absolute atomic E-state index is 13.0. The molecule has 0 aromatic heterocycles. The Morgan fingerprint density at radius 2 is 1.83 bits per heavy atom. The molecule has 1 amide bonds. The molecule has 36 heavy (non-hydrogen) atoms. The van der Waals surface area contributed by atoms with Gasteiger partial charge >= 0.3 is 5.97 Å². The zero-order valence-corrected chi connectivity index (χ0v) is 20.7. The summed E-state index contributed by atoms with van der Waals surface area (Å²) >= 11 is 0. The smallest absolute Gasteiger partial charge is 0.307 e. The number of ether oxygens (including phenoxy) is 1. The number of hydrogen-bond donors (Lipinski definition) is 3. The van der Waals surface area contributed by atoms with Gasteiger partial charge in [-0.3, -0.25) is 9.59 Å². The number of carboxylic acid groups (broad SMARTS) is 1. The number of carbonyl (C=O) groups is 2. The largest absolute Gasteiger partial charge is 0.497 e. The van der Waals surface area contributed by atoms with Crippen molar-refractivity contribution in [3.05, 3.63) is 95.6 Å². The highest BCUT2D eigenvalue weighted by atomic mass is 16.5. The lowest BCUT2D eigenvalue weighted by atomic mass is 9.62. The Morgan fingerprint density at radius 3 is 2.53 bits per heavy atom. The zero-order chi connectivity index (χ0) is 25.7. The molecule has 3 N–H and O–H groups in total. The highest BCUT2D eigenvalue weighted by Crippen LogP contribution is 2.49. The summed E-state index contributed by atoms with van der Waals surface area (Å²) in [5.74, 6) is -1.13. The third-order valence-corrected chi connectivity index (χ3v) is 7.02. The van der Waals surface area contributed by atoms with Crippen LogP contribution in [0.5, 0.6) is 5.75 Å². The molecule has 1 heterocycles. The predicted molar refractivity (Wildman–Crippen MR) is 140 cm³/mol. The number of aliphatic carboxylic acids is 1. The first kappa shape index (κ1) is 25.0. The molecule has 0 saturated heterocycles. The summed E-state index contributed by atoms with van der Waals surface area (Å²) in [7, 11) is 1.58. The van der Waals surface area contributed by atoms with Crippen LogP contribution in [0.2, 0.25) is 0 Å². The lowest BCUT2D eigenvalue weighted by Crippen LogP contribution is -2.47. The molecular formula is C29H31N3O4. The summed E-state index contributed by atoms with van der Waals surface area (Å²) < 4.78 is 5.24. The Labute approximate surface area is 211 Å². The molecule has 1 aliphatic heterocycles. The molecule has 0 fully saturated rings. The number of hydrogen-bond acceptors (Lipinski definition) is 5. The first-order chi connectivity index (χ1) is 17.4. The van der Waals surface area contributed by atoms with Crippen LogP contribution in [-0.2, 0) is 11.2 Å². The van der Waals surface area contributed by atoms with Crippen molar-refractivity contribution < 1.29 is 19.4 Å². The number of carboxylic acids is 1. The Kier molecular flexibility index (Phi) is 7.38. The second-order valence-corrected chi connectivity index (χ2v) is 9.07. The maximum atomic E-state index is 13.0. The van der Waals surface area contributed by atoms with Gasteiger partial charge in [-0.2, -0.15) is 5.10 Å². The van der Waals surface area contributed by atoms with Crippen molar-refractivity contribution in [3.63, 3.8) is 0 Å². The highest BCUT2D eigenvalue weighted by Gasteiger charge is 2.53. The number of nitrogens with zero attached hydrogens (tertiary/aromatic N) is 1. The SMILES string of the molecule is CCC(C(=O)O)C1(Cc2cccc(C(=O)Nc3cccc(OC)c3)c2)C(C)=NNC1c1ccccc1. The van der Waals surface area contributed by atoms with Crippen molar-refractivity contribution in [2.24, 2.45) is 16.4 Å². The van der Waals surface area contributed by atoms with E-state index in [1.165, 1.54) is 0 Å². The number of benzene rings is 3. The van der Waals surface area contributed by atoms with Crippen LogP contribution in [0, 0.1) is 11.3 Å². The van der Waals surface area contributed by atoms with Gasteiger partial charge in [0.15, 0.2) is 0 Å². The minimum atomic E-state index is -0.858. The van der Waals surface area contributed by atoms with Crippen molar-refractivity contribution >= 4 is 23.3 Å². The van der Waals surface area contributed by atoms with Crippen LogP contribution >= 0.6 is 0 Å². The van der Waals surface area contributed by atoms with Crippen molar-refractivity contribution in [3.8, 4) is 5.75 Å². The van der Waals surface area contributed by atoms with Crippen LogP contribution in [0.1, 0.15) is 47.8 Å². The summed E-state index contributed by atoms with van der Waals surface area (Å²) in [5, 5.41) is 17.7. The van der Waals surface area contributed by atoms with E-state index < -0.39 is 17.3 Å². The fourth-order valence-corrected chi connectivity index (χ4v) is 5.24. The van der Waals surface area contributed by atoms with Crippen LogP contribution in [-0.4, -0.2) is 29.8 Å². The van der Waals surface area contributed by atoms with E-state index in [4.69, 9.17) is 4.74 Å². The van der Waals surface area contributed by atoms with Crippen LogP contribution in [0.3, 0.4) is 0 Å². The second-order valence-electron chi connectivity index (χ2n) is 9.07. The summed E-state index contributed by atoms with van der Waals surface area (Å²) in [5.41, 5.74) is 6.13. The molecule has 0 radical (unpaired) electrons. The number of amides is 1. The number of carbonyl (C=O) groups excluding carboxylic acids is 1. The second kappa shape index (κ2) is 10.6. The molecule has 0 bridgehead atoms. The van der Waals surface area contributed by atoms with Gasteiger partial charge < -0.3 is 20.6 Å². The molecule has 4 rings (SSSR count). The molecule has 3 aromatic carbocycles. The van der Waals surface area contributed by atoms with E-state index >= 15 is 0 Å². The van der Waals surface area contributed by atoms with E-state index in [0.29, 0.717) is 29.8 Å². The quantitative estimate of drug-likeness (QED) is 0.382. The van der Waals surface area contributed by atoms with Crippen LogP contribution in [0.25, 0.3) is 0 Å². The van der Waals surface area contributed by atoms with E-state index in [1.807, 2.05) is 74.5 Å². The van der Waals surface area contributed by atoms with Gasteiger partial charge in [-0.15, -0.1) is 0 Å². The molecule has 3 atom stereocenters. The molecule has 0 aliphatic carbocycles. The third-order valence-electron chi connectivity index (χ3n) is 7.02. The standard InChI is InChI=1S/C29H31N3O4/c1-4-25(28(34)35)29(19(2)31-32-26(29)21-11-6-5-7-12-21)18-20-10-8-13-22(16-20)27(33)30-23-14-9-15-24(17-23)36-3/h5-17,25-26,32H,4,18H2,1-3H3,(H,30,33)(H,34,35). The zero-order valence-electron chi connectivity index (χ0n) is 20.7. The van der Waals surface area contributed by atoms with E-state index in [2.05, 4.69) is 15.8 Å². The van der Waals surface area contributed by atoms with E-state index in [9.17, 15) is 14.7 Å². The average molecular weight is 486 g/mol. The molecule has 186 valence electrons. The van der Waals surface area contributed by atoms with Gasteiger partial charge in [-0.25, -0.2) is 0 Å². The number of rotatable bonds is 9. The third kappa shape index (κ3) is 4.82. The molecule has 7 heteroatoms. The molecular weight excluding hydrogens is 454 g/mol. The Hall–Kier alpha value is -4.13. The highest BCUT2D eigenvalue weighted by molar-refractivity contribution is 6.04. The Morgan fingerprint density at radius 1 is 1.08 bits per heavy atom. The van der Waals surface area contributed by atoms with Gasteiger partial charge in [0.05, 0.1) is 24.5 Å². The number of nitrogens with one attached hydrogen (secondary N) is 2. The van der Waals surface area contributed by atoms with Gasteiger partial charge in [-0.1, -0.05) is 55.5 Å². The monoisotopic (exact) mass is 485 g/mol. The Bertz CT molecular complexity index is 1270. The van der Waals surface area contributed by atoms with E-state index in [1.54, 1.807) is 25.3 Å². The fourth-order valence-electron chi connectivity index (χ4n) is 5.24. The lowest BCUT2D eigenvalue weighted by Gasteiger charge is -2.40. The summed E-state index contributed by atoms with van der Waals surface area (Å²) in [6, 6.07) is 24.0. The minimum Gasteiger partial charge on any atom is -0.497 e. The van der Waals surface area contributed by atoms with Crippen LogP contribution < -0.4 is 15.5 Å². The first-order valence-corrected chi connectivity index (χ1v) is 12.0. The molecule has 3 unspecified atom stereocenters. The summed E-state index contributed by atoms with van der Waals surface area (Å²) in [6.45, 7) is 3.78. The first-order valence-electron chi connectivity index (χ1n) is 12.0. The van der Waals surface area contributed by atoms with E-state index in [-0.39, 0.29) is 11.9 Å². The molecule has 0 saturated carbocycles. The van der Waals surface area contributed by atoms with Crippen molar-refractivity contribution in [1.29, 1.82) is 0 Å². The van der Waals surface area contributed by atoms with Gasteiger partial charge in [-0.05, 0) is 55.2 Å². The van der Waals surface area contributed by atoms with Crippen molar-refractivity contribution in [1.82, 2.24) is 5.43 Å². The average Bonchev–Trinajstić information content (AvgIpc) is 3.20. The Balaban J connectivity index is 1.69. The number of hydrazone groups is 1. The molecule has 3 aromatic rings. The fraction of sp³-hybridized carbons (Fsp3) is 0.276. The minimum absolute atomic E-state index is 0.251. The van der Waals surface area contributed by atoms with Crippen LogP contribution in [0.15, 0.2) is 84.0 Å². The van der Waals surface area contributed by atoms with Gasteiger partial charge in [0.25, 0.3) is 5.91 Å². The van der Waals surface area contributed by atoms with Gasteiger partial charge in [0, 0.05) is 23.0 Å². The molecule has 7 nitrogen and oxygen atoms in total. The summed E-state index contributed by atoms with van der Waals surface area (Å²) in [4.78, 5) is 25.6. The summed E-state index contributed by atoms with van der Waals surface area (Å²) in [6.07, 6.45) is 0.864. The van der Waals surface area contributed by atoms with Gasteiger partial charge in [0.1, 0.15) is 5.75 Å². The van der Waals surface area contributed by atoms with Crippen LogP contribution in [0.4, 0.5) is 5.69 Å². The normalized spacial score (nSPS) is 19.6. The van der Waals surface area contributed by atoms with Crippen molar-refractivity contribution in [2.75, 3.05) is 12.4 Å². The maximum Gasteiger partial charge on any atom is 0.307 e. The van der Waals surface area contributed by atoms with Crippen molar-refractivity contribution in [2.45, 2.75) is 32.7 Å². The predicted octanol–water partition coefficient (Wildman–Crippen LogP) is 5.31. The van der Waals surface area contributed by atoms with Gasteiger partial charge in [0.2, 0.25) is 0 Å². The number of methoxy groups -OCH3 is 1. The molecule has 1 aliphatic rings. The lowest BCUT2D eigenvalue weighted by molar-refractivity contribution is -0.145. The molecule has 0 spiro atoms. The topological polar surface area (TPSA) is 100 Å². The number of anilines is 1.